The van der Waals surface area contributed by atoms with Gasteiger partial charge in [0.1, 0.15) is 25.0 Å². The van der Waals surface area contributed by atoms with Crippen LogP contribution in [0.5, 0.6) is 0 Å². The largest absolute Gasteiger partial charge is 0.348 e. The molecule has 1 unspecified atom stereocenters. The van der Waals surface area contributed by atoms with Crippen molar-refractivity contribution in [3.8, 4) is 0 Å². The lowest BCUT2D eigenvalue weighted by atomic mass is 10.0. The van der Waals surface area contributed by atoms with Crippen molar-refractivity contribution in [1.29, 1.82) is 0 Å². The molecule has 0 fully saturated rings. The van der Waals surface area contributed by atoms with E-state index < -0.39 is 0 Å². The zero-order valence-electron chi connectivity index (χ0n) is 10.6. The molecule has 3 rings (SSSR count). The third-order valence-corrected chi connectivity index (χ3v) is 4.29. The first-order valence-corrected chi connectivity index (χ1v) is 7.25. The second-order valence-electron chi connectivity index (χ2n) is 4.51. The first kappa shape index (κ1) is 13.1. The Balaban J connectivity index is 1.73. The molecule has 1 aromatic heterocycles. The lowest BCUT2D eigenvalue weighted by Gasteiger charge is -2.26. The normalized spacial score (nSPS) is 17.6. The fourth-order valence-electron chi connectivity index (χ4n) is 2.24. The van der Waals surface area contributed by atoms with Gasteiger partial charge in [-0.1, -0.05) is 12.1 Å². The summed E-state index contributed by atoms with van der Waals surface area (Å²) < 4.78 is 15.2. The van der Waals surface area contributed by atoms with Gasteiger partial charge in [0.25, 0.3) is 0 Å². The summed E-state index contributed by atoms with van der Waals surface area (Å²) in [5, 5.41) is 6.82. The van der Waals surface area contributed by atoms with Crippen LogP contribution in [0.2, 0.25) is 0 Å². The van der Waals surface area contributed by atoms with Crippen molar-refractivity contribution in [1.82, 2.24) is 20.1 Å². The topological polar surface area (TPSA) is 59.8 Å². The van der Waals surface area contributed by atoms with Crippen molar-refractivity contribution in [2.24, 2.45) is 0 Å². The number of amides is 1. The van der Waals surface area contributed by atoms with Crippen LogP contribution in [0, 0.1) is 5.82 Å². The van der Waals surface area contributed by atoms with E-state index in [1.165, 1.54) is 35.2 Å². The molecule has 1 N–H and O–H groups in total. The molecule has 1 aromatic carbocycles. The number of nitrogens with one attached hydrogen (secondary N) is 1. The van der Waals surface area contributed by atoms with E-state index in [1.54, 1.807) is 6.07 Å². The summed E-state index contributed by atoms with van der Waals surface area (Å²) in [6.07, 6.45) is 3.67. The molecule has 2 heterocycles. The highest BCUT2D eigenvalue weighted by molar-refractivity contribution is 7.99. The van der Waals surface area contributed by atoms with E-state index in [0.29, 0.717) is 4.90 Å². The minimum absolute atomic E-state index is 0.119. The SMILES string of the molecule is O=C(Cn1cncn1)NC1CCSc2c(F)cccc21. The molecule has 1 amide bonds. The third-order valence-electron chi connectivity index (χ3n) is 3.13. The summed E-state index contributed by atoms with van der Waals surface area (Å²) in [6.45, 7) is 0.119. The van der Waals surface area contributed by atoms with Gasteiger partial charge in [-0.2, -0.15) is 5.10 Å². The molecule has 0 bridgehead atoms. The minimum atomic E-state index is -0.220. The second-order valence-corrected chi connectivity index (χ2v) is 5.61. The summed E-state index contributed by atoms with van der Waals surface area (Å²) in [7, 11) is 0. The van der Waals surface area contributed by atoms with Crippen LogP contribution in [0.15, 0.2) is 35.7 Å². The van der Waals surface area contributed by atoms with Crippen molar-refractivity contribution in [3.63, 3.8) is 0 Å². The maximum Gasteiger partial charge on any atom is 0.242 e. The van der Waals surface area contributed by atoms with E-state index >= 15 is 0 Å². The van der Waals surface area contributed by atoms with Gasteiger partial charge in [-0.15, -0.1) is 11.8 Å². The molecular weight excluding hydrogens is 279 g/mol. The van der Waals surface area contributed by atoms with Gasteiger partial charge in [0.15, 0.2) is 0 Å². The smallest absolute Gasteiger partial charge is 0.242 e. The molecule has 104 valence electrons. The van der Waals surface area contributed by atoms with Crippen LogP contribution in [0.1, 0.15) is 18.0 Å². The van der Waals surface area contributed by atoms with Crippen LogP contribution in [-0.4, -0.2) is 26.4 Å². The molecule has 1 aliphatic heterocycles. The average molecular weight is 292 g/mol. The number of halogens is 1. The molecule has 0 radical (unpaired) electrons. The fourth-order valence-corrected chi connectivity index (χ4v) is 3.38. The molecule has 0 spiro atoms. The number of fused-ring (bicyclic) bond motifs is 1. The molecule has 1 aliphatic rings. The number of thioether (sulfide) groups is 1. The highest BCUT2D eigenvalue weighted by Crippen LogP contribution is 2.37. The van der Waals surface area contributed by atoms with Gasteiger partial charge in [0.2, 0.25) is 5.91 Å². The first-order chi connectivity index (χ1) is 9.74. The molecule has 0 saturated carbocycles. The summed E-state index contributed by atoms with van der Waals surface area (Å²) >= 11 is 1.50. The number of rotatable bonds is 3. The van der Waals surface area contributed by atoms with Crippen LogP contribution < -0.4 is 5.32 Å². The predicted octanol–water partition coefficient (Wildman–Crippen LogP) is 1.77. The van der Waals surface area contributed by atoms with Crippen molar-refractivity contribution < 1.29 is 9.18 Å². The van der Waals surface area contributed by atoms with Gasteiger partial charge in [0.05, 0.1) is 6.04 Å². The van der Waals surface area contributed by atoms with Gasteiger partial charge in [-0.05, 0) is 18.1 Å². The Labute approximate surface area is 119 Å². The lowest BCUT2D eigenvalue weighted by Crippen LogP contribution is -2.33. The van der Waals surface area contributed by atoms with Gasteiger partial charge in [-0.3, -0.25) is 4.79 Å². The maximum atomic E-state index is 13.7. The van der Waals surface area contributed by atoms with Crippen molar-refractivity contribution in [2.45, 2.75) is 23.9 Å². The fraction of sp³-hybridized carbons (Fsp3) is 0.308. The molecule has 2 aromatic rings. The summed E-state index contributed by atoms with van der Waals surface area (Å²) in [6, 6.07) is 4.85. The van der Waals surface area contributed by atoms with E-state index in [1.807, 2.05) is 6.07 Å². The molecule has 7 heteroatoms. The van der Waals surface area contributed by atoms with Crippen LogP contribution in [0.25, 0.3) is 0 Å². The van der Waals surface area contributed by atoms with Gasteiger partial charge in [0, 0.05) is 10.6 Å². The van der Waals surface area contributed by atoms with E-state index in [-0.39, 0.29) is 24.3 Å². The number of benzene rings is 1. The predicted molar refractivity (Wildman–Crippen MR) is 72.6 cm³/mol. The molecular formula is C13H13FN4OS. The number of carbonyl (C=O) groups excluding carboxylic acids is 1. The van der Waals surface area contributed by atoms with Crippen molar-refractivity contribution >= 4 is 17.7 Å². The Morgan fingerprint density at radius 3 is 3.25 bits per heavy atom. The molecule has 0 saturated heterocycles. The molecule has 1 atom stereocenters. The highest BCUT2D eigenvalue weighted by atomic mass is 32.2. The standard InChI is InChI=1S/C13H13FN4OS/c14-10-3-1-2-9-11(4-5-20-13(9)10)17-12(19)6-18-8-15-7-16-18/h1-3,7-8,11H,4-6H2,(H,17,19). The molecule has 0 aliphatic carbocycles. The van der Waals surface area contributed by atoms with E-state index in [0.717, 1.165) is 17.7 Å². The Kier molecular flexibility index (Phi) is 3.68. The summed E-state index contributed by atoms with van der Waals surface area (Å²) in [4.78, 5) is 16.4. The Hall–Kier alpha value is -1.89. The molecule has 5 nitrogen and oxygen atoms in total. The Morgan fingerprint density at radius 1 is 1.55 bits per heavy atom. The van der Waals surface area contributed by atoms with E-state index in [9.17, 15) is 9.18 Å². The van der Waals surface area contributed by atoms with Gasteiger partial charge >= 0.3 is 0 Å². The monoisotopic (exact) mass is 292 g/mol. The zero-order chi connectivity index (χ0) is 13.9. The van der Waals surface area contributed by atoms with Gasteiger partial charge in [-0.25, -0.2) is 14.1 Å². The second kappa shape index (κ2) is 5.62. The zero-order valence-corrected chi connectivity index (χ0v) is 11.4. The number of nitrogens with zero attached hydrogens (tertiary/aromatic N) is 3. The number of carbonyl (C=O) groups is 1. The Bertz CT molecular complexity index is 617. The van der Waals surface area contributed by atoms with E-state index in [4.69, 9.17) is 0 Å². The highest BCUT2D eigenvalue weighted by Gasteiger charge is 2.24. The number of hydrogen-bond donors (Lipinski definition) is 1. The Morgan fingerprint density at radius 2 is 2.45 bits per heavy atom. The van der Waals surface area contributed by atoms with E-state index in [2.05, 4.69) is 15.4 Å². The van der Waals surface area contributed by atoms with Crippen LogP contribution in [0.3, 0.4) is 0 Å². The third kappa shape index (κ3) is 2.67. The lowest BCUT2D eigenvalue weighted by molar-refractivity contribution is -0.122. The first-order valence-electron chi connectivity index (χ1n) is 6.27. The summed E-state index contributed by atoms with van der Waals surface area (Å²) in [5.74, 6) is 0.424. The average Bonchev–Trinajstić information content (AvgIpc) is 2.93. The van der Waals surface area contributed by atoms with Crippen molar-refractivity contribution in [3.05, 3.63) is 42.2 Å². The van der Waals surface area contributed by atoms with Crippen LogP contribution in [0.4, 0.5) is 4.39 Å². The quantitative estimate of drug-likeness (QED) is 0.936. The molecule has 20 heavy (non-hydrogen) atoms. The number of aromatic nitrogens is 3. The maximum absolute atomic E-state index is 13.7. The van der Waals surface area contributed by atoms with Crippen molar-refractivity contribution in [2.75, 3.05) is 5.75 Å². The van der Waals surface area contributed by atoms with Crippen LogP contribution >= 0.6 is 11.8 Å². The number of hydrogen-bond acceptors (Lipinski definition) is 4. The minimum Gasteiger partial charge on any atom is -0.348 e. The van der Waals surface area contributed by atoms with Crippen LogP contribution in [-0.2, 0) is 11.3 Å². The summed E-state index contributed by atoms with van der Waals surface area (Å²) in [5.41, 5.74) is 0.855. The van der Waals surface area contributed by atoms with Gasteiger partial charge < -0.3 is 5.32 Å².